The van der Waals surface area contributed by atoms with Gasteiger partial charge >= 0.3 is 5.97 Å². The van der Waals surface area contributed by atoms with Gasteiger partial charge in [-0.1, -0.05) is 32.6 Å². The largest absolute Gasteiger partial charge is 0.463 e. The maximum absolute atomic E-state index is 11.4. The molecule has 0 bridgehead atoms. The predicted molar refractivity (Wildman–Crippen MR) is 56.1 cm³/mol. The minimum Gasteiger partial charge on any atom is -0.463 e. The zero-order chi connectivity index (χ0) is 10.4. The molecule has 0 amide bonds. The van der Waals surface area contributed by atoms with Crippen molar-refractivity contribution in [1.82, 2.24) is 4.90 Å². The molecule has 0 aromatic rings. The van der Waals surface area contributed by atoms with Crippen LogP contribution in [-0.2, 0) is 9.53 Å². The Kier molecular flexibility index (Phi) is 4.94. The van der Waals surface area contributed by atoms with E-state index >= 15 is 0 Å². The van der Waals surface area contributed by atoms with Gasteiger partial charge in [-0.3, -0.25) is 9.69 Å². The van der Waals surface area contributed by atoms with Crippen molar-refractivity contribution in [2.45, 2.75) is 45.1 Å². The Morgan fingerprint density at radius 3 is 2.86 bits per heavy atom. The van der Waals surface area contributed by atoms with Crippen LogP contribution in [0.25, 0.3) is 0 Å². The lowest BCUT2D eigenvalue weighted by Gasteiger charge is -2.30. The quantitative estimate of drug-likeness (QED) is 0.499. The summed E-state index contributed by atoms with van der Waals surface area (Å²) in [6, 6.07) is 0.0145. The fraction of sp³-hybridized carbons (Fsp3) is 0.909. The van der Waals surface area contributed by atoms with E-state index in [0.29, 0.717) is 6.61 Å². The van der Waals surface area contributed by atoms with Crippen LogP contribution in [0, 0.1) is 0 Å². The van der Waals surface area contributed by atoms with Crippen molar-refractivity contribution in [2.24, 2.45) is 0 Å². The molecule has 3 nitrogen and oxygen atoms in total. The van der Waals surface area contributed by atoms with Crippen LogP contribution in [0.1, 0.15) is 39.0 Å². The van der Waals surface area contributed by atoms with Crippen LogP contribution in [0.15, 0.2) is 0 Å². The summed E-state index contributed by atoms with van der Waals surface area (Å²) in [6.07, 6.45) is 5.83. The van der Waals surface area contributed by atoms with E-state index in [1.54, 1.807) is 0 Å². The van der Waals surface area contributed by atoms with Gasteiger partial charge in [0.05, 0.1) is 0 Å². The van der Waals surface area contributed by atoms with Gasteiger partial charge in [0.2, 0.25) is 0 Å². The first-order chi connectivity index (χ1) is 6.75. The van der Waals surface area contributed by atoms with Crippen LogP contribution in [0.3, 0.4) is 0 Å². The fourth-order valence-electron chi connectivity index (χ4n) is 1.82. The summed E-state index contributed by atoms with van der Waals surface area (Å²) in [5.41, 5.74) is 0. The molecule has 1 fully saturated rings. The van der Waals surface area contributed by atoms with Crippen molar-refractivity contribution < 1.29 is 9.53 Å². The van der Waals surface area contributed by atoms with Crippen molar-refractivity contribution in [3.05, 3.63) is 0 Å². The lowest BCUT2D eigenvalue weighted by atomic mass is 10.1. The normalized spacial score (nSPS) is 23.6. The molecular formula is C11H21NO2. The Balaban J connectivity index is 2.22. The highest BCUT2D eigenvalue weighted by Crippen LogP contribution is 2.14. The van der Waals surface area contributed by atoms with E-state index in [1.807, 2.05) is 7.05 Å². The first kappa shape index (κ1) is 11.5. The average molecular weight is 199 g/mol. The number of esters is 1. The van der Waals surface area contributed by atoms with Crippen LogP contribution < -0.4 is 0 Å². The Labute approximate surface area is 86.4 Å². The lowest BCUT2D eigenvalue weighted by molar-refractivity contribution is -0.156. The minimum atomic E-state index is -0.0322. The van der Waals surface area contributed by atoms with Crippen LogP contribution in [0.5, 0.6) is 0 Å². The minimum absolute atomic E-state index is 0.0145. The number of rotatable bonds is 5. The monoisotopic (exact) mass is 199 g/mol. The molecule has 0 saturated carbocycles. The molecule has 14 heavy (non-hydrogen) atoms. The van der Waals surface area contributed by atoms with Gasteiger partial charge in [-0.05, 0) is 13.5 Å². The summed E-state index contributed by atoms with van der Waals surface area (Å²) >= 11 is 0. The van der Waals surface area contributed by atoms with E-state index in [0.717, 1.165) is 19.4 Å². The number of carbonyl (C=O) groups is 1. The number of hydrogen-bond donors (Lipinski definition) is 0. The Morgan fingerprint density at radius 1 is 1.43 bits per heavy atom. The number of unbranched alkanes of at least 4 members (excludes halogenated alkanes) is 3. The van der Waals surface area contributed by atoms with E-state index in [-0.39, 0.29) is 12.0 Å². The SMILES string of the molecule is CCCCCCC1C(=O)OCCN1C. The van der Waals surface area contributed by atoms with Gasteiger partial charge in [0.15, 0.2) is 0 Å². The van der Waals surface area contributed by atoms with Gasteiger partial charge in [0.25, 0.3) is 0 Å². The summed E-state index contributed by atoms with van der Waals surface area (Å²) < 4.78 is 5.04. The first-order valence-corrected chi connectivity index (χ1v) is 5.62. The molecule has 0 aromatic heterocycles. The molecule has 1 aliphatic heterocycles. The molecule has 1 heterocycles. The highest BCUT2D eigenvalue weighted by atomic mass is 16.5. The maximum atomic E-state index is 11.4. The Morgan fingerprint density at radius 2 is 2.21 bits per heavy atom. The Hall–Kier alpha value is -0.570. The van der Waals surface area contributed by atoms with Crippen LogP contribution in [-0.4, -0.2) is 37.1 Å². The fourth-order valence-corrected chi connectivity index (χ4v) is 1.82. The second-order valence-electron chi connectivity index (χ2n) is 4.01. The van der Waals surface area contributed by atoms with Crippen molar-refractivity contribution >= 4 is 5.97 Å². The topological polar surface area (TPSA) is 29.5 Å². The van der Waals surface area contributed by atoms with Crippen molar-refractivity contribution in [1.29, 1.82) is 0 Å². The van der Waals surface area contributed by atoms with Gasteiger partial charge in [0, 0.05) is 6.54 Å². The number of ether oxygens (including phenoxy) is 1. The Bertz CT molecular complexity index is 182. The summed E-state index contributed by atoms with van der Waals surface area (Å²) in [4.78, 5) is 13.5. The molecule has 0 aromatic carbocycles. The predicted octanol–water partition coefficient (Wildman–Crippen LogP) is 1.81. The van der Waals surface area contributed by atoms with E-state index in [2.05, 4.69) is 11.8 Å². The lowest BCUT2D eigenvalue weighted by Crippen LogP contribution is -2.46. The molecule has 1 saturated heterocycles. The van der Waals surface area contributed by atoms with Gasteiger partial charge in [-0.15, -0.1) is 0 Å². The van der Waals surface area contributed by atoms with E-state index in [1.165, 1.54) is 19.3 Å². The molecule has 1 unspecified atom stereocenters. The molecular weight excluding hydrogens is 178 g/mol. The van der Waals surface area contributed by atoms with Gasteiger partial charge in [-0.2, -0.15) is 0 Å². The summed E-state index contributed by atoms with van der Waals surface area (Å²) in [7, 11) is 2.00. The molecule has 3 heteroatoms. The third-order valence-corrected chi connectivity index (χ3v) is 2.82. The van der Waals surface area contributed by atoms with E-state index in [9.17, 15) is 4.79 Å². The third kappa shape index (κ3) is 3.29. The molecule has 0 radical (unpaired) electrons. The average Bonchev–Trinajstić information content (AvgIpc) is 2.16. The second kappa shape index (κ2) is 6.02. The zero-order valence-electron chi connectivity index (χ0n) is 9.29. The number of nitrogens with zero attached hydrogens (tertiary/aromatic N) is 1. The van der Waals surface area contributed by atoms with Gasteiger partial charge in [-0.25, -0.2) is 0 Å². The standard InChI is InChI=1S/C11H21NO2/c1-3-4-5-6-7-10-11(13)14-9-8-12(10)2/h10H,3-9H2,1-2H3. The highest BCUT2D eigenvalue weighted by Gasteiger charge is 2.27. The molecule has 0 spiro atoms. The number of morpholine rings is 1. The molecule has 1 atom stereocenters. The number of likely N-dealkylation sites (N-methyl/N-ethyl adjacent to an activating group) is 1. The molecule has 1 aliphatic rings. The summed E-state index contributed by atoms with van der Waals surface area (Å²) in [5, 5.41) is 0. The summed E-state index contributed by atoms with van der Waals surface area (Å²) in [5.74, 6) is -0.0322. The smallest absolute Gasteiger partial charge is 0.323 e. The van der Waals surface area contributed by atoms with Crippen LogP contribution in [0.2, 0.25) is 0 Å². The molecule has 0 aliphatic carbocycles. The number of carbonyl (C=O) groups excluding carboxylic acids is 1. The van der Waals surface area contributed by atoms with Gasteiger partial charge < -0.3 is 4.74 Å². The zero-order valence-corrected chi connectivity index (χ0v) is 9.29. The number of cyclic esters (lactones) is 1. The molecule has 82 valence electrons. The highest BCUT2D eigenvalue weighted by molar-refractivity contribution is 5.76. The second-order valence-corrected chi connectivity index (χ2v) is 4.01. The first-order valence-electron chi connectivity index (χ1n) is 5.62. The van der Waals surface area contributed by atoms with Crippen LogP contribution >= 0.6 is 0 Å². The van der Waals surface area contributed by atoms with E-state index < -0.39 is 0 Å². The molecule has 0 N–H and O–H groups in total. The van der Waals surface area contributed by atoms with Crippen molar-refractivity contribution in [3.8, 4) is 0 Å². The van der Waals surface area contributed by atoms with Crippen LogP contribution in [0.4, 0.5) is 0 Å². The molecule has 1 rings (SSSR count). The van der Waals surface area contributed by atoms with Crippen molar-refractivity contribution in [2.75, 3.05) is 20.2 Å². The van der Waals surface area contributed by atoms with Gasteiger partial charge in [0.1, 0.15) is 12.6 Å². The van der Waals surface area contributed by atoms with E-state index in [4.69, 9.17) is 4.74 Å². The summed E-state index contributed by atoms with van der Waals surface area (Å²) in [6.45, 7) is 3.63. The third-order valence-electron chi connectivity index (χ3n) is 2.82. The number of hydrogen-bond acceptors (Lipinski definition) is 3. The maximum Gasteiger partial charge on any atom is 0.323 e. The van der Waals surface area contributed by atoms with Crippen molar-refractivity contribution in [3.63, 3.8) is 0 Å².